The molecule has 2 N–H and O–H groups in total. The molecule has 5 heteroatoms. The molecule has 3 atom stereocenters. The lowest BCUT2D eigenvalue weighted by molar-refractivity contribution is -0.121. The highest BCUT2D eigenvalue weighted by Crippen LogP contribution is 2.43. The fourth-order valence-corrected chi connectivity index (χ4v) is 4.12. The van der Waals surface area contributed by atoms with E-state index in [1.54, 1.807) is 13.8 Å². The quantitative estimate of drug-likeness (QED) is 0.888. The van der Waals surface area contributed by atoms with E-state index in [4.69, 9.17) is 0 Å². The third-order valence-electron chi connectivity index (χ3n) is 5.11. The highest BCUT2D eigenvalue weighted by atomic mass is 16.2. The van der Waals surface area contributed by atoms with Crippen molar-refractivity contribution < 1.29 is 4.79 Å². The summed E-state index contributed by atoms with van der Waals surface area (Å²) < 4.78 is 0. The van der Waals surface area contributed by atoms with Gasteiger partial charge in [-0.2, -0.15) is 0 Å². The molecule has 0 bridgehead atoms. The lowest BCUT2D eigenvalue weighted by Crippen LogP contribution is -2.39. The summed E-state index contributed by atoms with van der Waals surface area (Å²) in [7, 11) is 0. The maximum absolute atomic E-state index is 12.3. The molecule has 114 valence electrons. The van der Waals surface area contributed by atoms with Crippen LogP contribution in [0.2, 0.25) is 0 Å². The van der Waals surface area contributed by atoms with Crippen molar-refractivity contribution in [3.63, 3.8) is 0 Å². The van der Waals surface area contributed by atoms with Crippen molar-refractivity contribution in [3.05, 3.63) is 27.4 Å². The number of nitrogens with one attached hydrogen (secondary N) is 2. The molecule has 1 aromatic rings. The molecule has 0 saturated heterocycles. The van der Waals surface area contributed by atoms with Gasteiger partial charge in [0.05, 0.1) is 6.42 Å². The van der Waals surface area contributed by atoms with Gasteiger partial charge in [-0.05, 0) is 44.9 Å². The summed E-state index contributed by atoms with van der Waals surface area (Å²) in [5, 5.41) is 3.15. The van der Waals surface area contributed by atoms with Gasteiger partial charge in [0, 0.05) is 17.3 Å². The van der Waals surface area contributed by atoms with E-state index < -0.39 is 0 Å². The zero-order chi connectivity index (χ0) is 15.0. The summed E-state index contributed by atoms with van der Waals surface area (Å²) in [6.07, 6.45) is 6.30. The monoisotopic (exact) mass is 289 g/mol. The van der Waals surface area contributed by atoms with Crippen molar-refractivity contribution in [1.82, 2.24) is 15.3 Å². The van der Waals surface area contributed by atoms with E-state index in [1.807, 2.05) is 0 Å². The highest BCUT2D eigenvalue weighted by molar-refractivity contribution is 5.79. The Morgan fingerprint density at radius 1 is 1.29 bits per heavy atom. The number of nitrogens with zero attached hydrogens (tertiary/aromatic N) is 1. The van der Waals surface area contributed by atoms with E-state index >= 15 is 0 Å². The van der Waals surface area contributed by atoms with Crippen LogP contribution in [-0.4, -0.2) is 21.9 Å². The number of amides is 1. The van der Waals surface area contributed by atoms with E-state index in [0.717, 1.165) is 12.3 Å². The smallest absolute Gasteiger partial charge is 0.254 e. The van der Waals surface area contributed by atoms with Crippen molar-refractivity contribution in [2.45, 2.75) is 58.4 Å². The number of carbonyl (C=O) groups is 1. The normalized spacial score (nSPS) is 27.6. The van der Waals surface area contributed by atoms with Crippen LogP contribution in [-0.2, 0) is 11.2 Å². The van der Waals surface area contributed by atoms with Crippen LogP contribution in [0.3, 0.4) is 0 Å². The first kappa shape index (κ1) is 14.3. The van der Waals surface area contributed by atoms with Crippen LogP contribution in [0.5, 0.6) is 0 Å². The molecule has 2 fully saturated rings. The average molecular weight is 289 g/mol. The van der Waals surface area contributed by atoms with Crippen LogP contribution in [0.15, 0.2) is 4.79 Å². The van der Waals surface area contributed by atoms with Gasteiger partial charge in [-0.15, -0.1) is 0 Å². The van der Waals surface area contributed by atoms with E-state index in [0.29, 0.717) is 29.0 Å². The first-order valence-corrected chi connectivity index (χ1v) is 7.90. The minimum atomic E-state index is -0.194. The Bertz CT molecular complexity index is 608. The van der Waals surface area contributed by atoms with Crippen LogP contribution in [0.4, 0.5) is 0 Å². The SMILES string of the molecule is Cc1nc(C)c(CC(=O)NC2CCC3CCCC32)c(=O)[nH]1. The Kier molecular flexibility index (Phi) is 3.83. The van der Waals surface area contributed by atoms with Crippen molar-refractivity contribution in [2.24, 2.45) is 11.8 Å². The lowest BCUT2D eigenvalue weighted by atomic mass is 9.97. The van der Waals surface area contributed by atoms with Crippen molar-refractivity contribution in [2.75, 3.05) is 0 Å². The largest absolute Gasteiger partial charge is 0.353 e. The Labute approximate surface area is 124 Å². The van der Waals surface area contributed by atoms with Crippen molar-refractivity contribution in [1.29, 1.82) is 0 Å². The van der Waals surface area contributed by atoms with Crippen LogP contribution >= 0.6 is 0 Å². The molecule has 0 spiro atoms. The summed E-state index contributed by atoms with van der Waals surface area (Å²) in [6, 6.07) is 0.308. The lowest BCUT2D eigenvalue weighted by Gasteiger charge is -2.20. The van der Waals surface area contributed by atoms with E-state index in [2.05, 4.69) is 15.3 Å². The summed E-state index contributed by atoms with van der Waals surface area (Å²) >= 11 is 0. The van der Waals surface area contributed by atoms with E-state index in [1.165, 1.54) is 25.7 Å². The predicted octanol–water partition coefficient (Wildman–Crippen LogP) is 1.62. The molecule has 21 heavy (non-hydrogen) atoms. The number of carbonyl (C=O) groups excluding carboxylic acids is 1. The number of hydrogen-bond acceptors (Lipinski definition) is 3. The highest BCUT2D eigenvalue weighted by Gasteiger charge is 2.39. The molecule has 0 aliphatic heterocycles. The van der Waals surface area contributed by atoms with E-state index in [9.17, 15) is 9.59 Å². The second kappa shape index (κ2) is 5.62. The zero-order valence-electron chi connectivity index (χ0n) is 12.7. The van der Waals surface area contributed by atoms with Crippen molar-refractivity contribution in [3.8, 4) is 0 Å². The first-order valence-electron chi connectivity index (χ1n) is 7.90. The number of aromatic nitrogens is 2. The van der Waals surface area contributed by atoms with Crippen molar-refractivity contribution >= 4 is 5.91 Å². The maximum atomic E-state index is 12.3. The molecular formula is C16H23N3O2. The third kappa shape index (κ3) is 2.87. The summed E-state index contributed by atoms with van der Waals surface area (Å²) in [5.74, 6) is 2.00. The molecular weight excluding hydrogens is 266 g/mol. The van der Waals surface area contributed by atoms with Gasteiger partial charge in [0.25, 0.3) is 5.56 Å². The molecule has 2 aliphatic carbocycles. The number of hydrogen-bond donors (Lipinski definition) is 2. The first-order chi connectivity index (χ1) is 10.0. The van der Waals surface area contributed by atoms with Crippen LogP contribution in [0.25, 0.3) is 0 Å². The molecule has 1 aromatic heterocycles. The molecule has 0 aromatic carbocycles. The van der Waals surface area contributed by atoms with Gasteiger partial charge in [0.15, 0.2) is 0 Å². The van der Waals surface area contributed by atoms with Gasteiger partial charge in [-0.3, -0.25) is 9.59 Å². The Morgan fingerprint density at radius 2 is 2.10 bits per heavy atom. The standard InChI is InChI=1S/C16H23N3O2/c1-9-13(16(21)18-10(2)17-9)8-15(20)19-14-7-6-11-4-3-5-12(11)14/h11-12,14H,3-8H2,1-2H3,(H,19,20)(H,17,18,21). The van der Waals surface area contributed by atoms with Gasteiger partial charge in [0.2, 0.25) is 5.91 Å². The molecule has 0 radical (unpaired) electrons. The molecule has 2 aliphatic rings. The summed E-state index contributed by atoms with van der Waals surface area (Å²) in [4.78, 5) is 31.1. The maximum Gasteiger partial charge on any atom is 0.254 e. The fraction of sp³-hybridized carbons (Fsp3) is 0.688. The number of aryl methyl sites for hydroxylation is 2. The summed E-state index contributed by atoms with van der Waals surface area (Å²) in [5.41, 5.74) is 0.941. The molecule has 2 saturated carbocycles. The van der Waals surface area contributed by atoms with Gasteiger partial charge in [0.1, 0.15) is 5.82 Å². The number of aromatic amines is 1. The Morgan fingerprint density at radius 3 is 2.86 bits per heavy atom. The van der Waals surface area contributed by atoms with Crippen LogP contribution < -0.4 is 10.9 Å². The minimum absolute atomic E-state index is 0.0493. The molecule has 3 unspecified atom stereocenters. The molecule has 5 nitrogen and oxygen atoms in total. The van der Waals surface area contributed by atoms with Gasteiger partial charge in [-0.1, -0.05) is 12.8 Å². The molecule has 3 rings (SSSR count). The average Bonchev–Trinajstić information content (AvgIpc) is 2.99. The topological polar surface area (TPSA) is 74.8 Å². The Hall–Kier alpha value is -1.65. The van der Waals surface area contributed by atoms with E-state index in [-0.39, 0.29) is 17.9 Å². The van der Waals surface area contributed by atoms with Crippen LogP contribution in [0.1, 0.15) is 49.2 Å². The second-order valence-electron chi connectivity index (χ2n) is 6.50. The molecule has 1 heterocycles. The van der Waals surface area contributed by atoms with Gasteiger partial charge < -0.3 is 10.3 Å². The van der Waals surface area contributed by atoms with Crippen LogP contribution in [0, 0.1) is 25.7 Å². The number of rotatable bonds is 3. The fourth-order valence-electron chi connectivity index (χ4n) is 4.12. The molecule has 1 amide bonds. The van der Waals surface area contributed by atoms with Gasteiger partial charge in [-0.25, -0.2) is 4.98 Å². The number of fused-ring (bicyclic) bond motifs is 1. The third-order valence-corrected chi connectivity index (χ3v) is 5.11. The van der Waals surface area contributed by atoms with Gasteiger partial charge >= 0.3 is 0 Å². The second-order valence-corrected chi connectivity index (χ2v) is 6.50. The Balaban J connectivity index is 1.66. The predicted molar refractivity (Wildman–Crippen MR) is 80.0 cm³/mol. The summed E-state index contributed by atoms with van der Waals surface area (Å²) in [6.45, 7) is 3.53. The minimum Gasteiger partial charge on any atom is -0.353 e. The number of H-pyrrole nitrogens is 1. The zero-order valence-corrected chi connectivity index (χ0v) is 12.7.